The van der Waals surface area contributed by atoms with Gasteiger partial charge in [0.25, 0.3) is 5.56 Å². The highest BCUT2D eigenvalue weighted by atomic mass is 16.6. The fourth-order valence-corrected chi connectivity index (χ4v) is 4.93. The maximum Gasteiger partial charge on any atom is 0.309 e. The van der Waals surface area contributed by atoms with Crippen molar-refractivity contribution >= 4 is 5.97 Å². The Hall–Kier alpha value is -2.43. The molecule has 2 atom stereocenters. The van der Waals surface area contributed by atoms with Gasteiger partial charge in [-0.2, -0.15) is 0 Å². The Bertz CT molecular complexity index is 1020. The maximum atomic E-state index is 13.6. The smallest absolute Gasteiger partial charge is 0.309 e. The van der Waals surface area contributed by atoms with Crippen LogP contribution in [0.15, 0.2) is 35.1 Å². The van der Waals surface area contributed by atoms with E-state index in [1.54, 1.807) is 0 Å². The topological polar surface area (TPSA) is 61.2 Å². The summed E-state index contributed by atoms with van der Waals surface area (Å²) in [6.07, 6.45) is 7.41. The quantitative estimate of drug-likeness (QED) is 0.370. The van der Waals surface area contributed by atoms with Gasteiger partial charge < -0.3 is 4.74 Å². The second kappa shape index (κ2) is 16.5. The molecule has 38 heavy (non-hydrogen) atoms. The Kier molecular flexibility index (Phi) is 14.6. The zero-order chi connectivity index (χ0) is 28.9. The fourth-order valence-electron chi connectivity index (χ4n) is 4.93. The van der Waals surface area contributed by atoms with Crippen LogP contribution in [-0.2, 0) is 28.8 Å². The second-order valence-corrected chi connectivity index (χ2v) is 10.9. The van der Waals surface area contributed by atoms with E-state index in [1.807, 2.05) is 66.0 Å². The standard InChI is InChI=1S/C26H34N2O3.C3H8.2C2H6/c1-17-27-22-16-20(25(30)31-26(2,3)4)13-14-21(22)24(29)28(17)23(19-11-8-12-19)15-18-9-6-5-7-10-18;1-3-2;2*1-2/h5-7,9-10,19-20,23H,8,11-16H2,1-4H3;3H2,1-2H3;2*1-2H3. The first kappa shape index (κ1) is 33.6. The summed E-state index contributed by atoms with van der Waals surface area (Å²) in [6, 6.07) is 10.6. The fraction of sp³-hybridized carbons (Fsp3) is 0.667. The Labute approximate surface area is 232 Å². The molecule has 4 rings (SSSR count). The lowest BCUT2D eigenvalue weighted by molar-refractivity contribution is -0.160. The molecule has 0 N–H and O–H groups in total. The van der Waals surface area contributed by atoms with Gasteiger partial charge in [0.05, 0.1) is 11.6 Å². The van der Waals surface area contributed by atoms with Crippen molar-refractivity contribution in [2.75, 3.05) is 0 Å². The van der Waals surface area contributed by atoms with E-state index in [-0.39, 0.29) is 23.5 Å². The summed E-state index contributed by atoms with van der Waals surface area (Å²) in [4.78, 5) is 31.1. The van der Waals surface area contributed by atoms with E-state index in [4.69, 9.17) is 9.72 Å². The van der Waals surface area contributed by atoms with Crippen LogP contribution in [0, 0.1) is 18.8 Å². The summed E-state index contributed by atoms with van der Waals surface area (Å²) in [5.74, 6) is 0.884. The van der Waals surface area contributed by atoms with Gasteiger partial charge in [-0.15, -0.1) is 0 Å². The van der Waals surface area contributed by atoms with E-state index >= 15 is 0 Å². The zero-order valence-electron chi connectivity index (χ0n) is 25.9. The molecule has 1 heterocycles. The summed E-state index contributed by atoms with van der Waals surface area (Å²) in [6.45, 7) is 19.8. The molecule has 1 saturated carbocycles. The van der Waals surface area contributed by atoms with Gasteiger partial charge in [0.1, 0.15) is 11.4 Å². The molecule has 5 nitrogen and oxygen atoms in total. The highest BCUT2D eigenvalue weighted by Gasteiger charge is 2.35. The SMILES string of the molecule is CC.CC.CCC.Cc1nc2c(c(=O)n1C(Cc1ccccc1)C1CCC1)CCC(C(=O)OC(C)(C)C)C2. The van der Waals surface area contributed by atoms with Gasteiger partial charge in [-0.1, -0.05) is 84.7 Å². The van der Waals surface area contributed by atoms with Crippen molar-refractivity contribution in [2.45, 2.75) is 132 Å². The van der Waals surface area contributed by atoms with Crippen molar-refractivity contribution in [1.82, 2.24) is 9.55 Å². The van der Waals surface area contributed by atoms with E-state index in [9.17, 15) is 9.59 Å². The van der Waals surface area contributed by atoms with Gasteiger partial charge in [-0.25, -0.2) is 4.98 Å². The largest absolute Gasteiger partial charge is 0.460 e. The predicted octanol–water partition coefficient (Wildman–Crippen LogP) is 8.05. The first-order valence-corrected chi connectivity index (χ1v) is 15.0. The molecule has 0 spiro atoms. The van der Waals surface area contributed by atoms with Gasteiger partial charge >= 0.3 is 5.97 Å². The Morgan fingerprint density at radius 3 is 2.13 bits per heavy atom. The highest BCUT2D eigenvalue weighted by molar-refractivity contribution is 5.73. The van der Waals surface area contributed by atoms with Gasteiger partial charge in [0.15, 0.2) is 0 Å². The molecule has 0 saturated heterocycles. The lowest BCUT2D eigenvalue weighted by atomic mass is 9.77. The number of benzene rings is 1. The third-order valence-electron chi connectivity index (χ3n) is 6.71. The van der Waals surface area contributed by atoms with E-state index in [0.29, 0.717) is 25.2 Å². The number of carbonyl (C=O) groups excluding carboxylic acids is 1. The number of ether oxygens (including phenoxy) is 1. The molecule has 1 aromatic carbocycles. The van der Waals surface area contributed by atoms with Gasteiger partial charge in [-0.05, 0) is 71.3 Å². The van der Waals surface area contributed by atoms with Crippen LogP contribution < -0.4 is 5.56 Å². The van der Waals surface area contributed by atoms with Crippen molar-refractivity contribution in [2.24, 2.45) is 11.8 Å². The van der Waals surface area contributed by atoms with Gasteiger partial charge in [-0.3, -0.25) is 14.2 Å². The first-order chi connectivity index (χ1) is 18.1. The molecule has 2 aromatic rings. The minimum absolute atomic E-state index is 0.0953. The molecule has 1 fully saturated rings. The molecule has 2 aliphatic carbocycles. The molecule has 2 unspecified atom stereocenters. The molecule has 2 aliphatic rings. The minimum Gasteiger partial charge on any atom is -0.460 e. The Morgan fingerprint density at radius 1 is 1.05 bits per heavy atom. The van der Waals surface area contributed by atoms with Crippen LogP contribution in [-0.4, -0.2) is 21.1 Å². The predicted molar refractivity (Wildman–Crippen MR) is 160 cm³/mol. The van der Waals surface area contributed by atoms with Crippen molar-refractivity contribution in [3.05, 3.63) is 63.3 Å². The van der Waals surface area contributed by atoms with Crippen LogP contribution in [0.5, 0.6) is 0 Å². The van der Waals surface area contributed by atoms with Crippen LogP contribution >= 0.6 is 0 Å². The third kappa shape index (κ3) is 9.39. The summed E-state index contributed by atoms with van der Waals surface area (Å²) >= 11 is 0. The van der Waals surface area contributed by atoms with Crippen molar-refractivity contribution < 1.29 is 9.53 Å². The Morgan fingerprint density at radius 2 is 1.63 bits per heavy atom. The lowest BCUT2D eigenvalue weighted by Gasteiger charge is -2.36. The van der Waals surface area contributed by atoms with Crippen molar-refractivity contribution in [1.29, 1.82) is 0 Å². The zero-order valence-corrected chi connectivity index (χ0v) is 25.9. The minimum atomic E-state index is -0.502. The number of hydrogen-bond donors (Lipinski definition) is 0. The first-order valence-electron chi connectivity index (χ1n) is 15.0. The molecule has 0 aliphatic heterocycles. The summed E-state index contributed by atoms with van der Waals surface area (Å²) in [5, 5.41) is 0. The number of hydrogen-bond acceptors (Lipinski definition) is 4. The molecule has 5 heteroatoms. The summed E-state index contributed by atoms with van der Waals surface area (Å²) < 4.78 is 7.55. The number of aryl methyl sites for hydroxylation is 1. The number of rotatable bonds is 5. The van der Waals surface area contributed by atoms with Crippen LogP contribution in [0.3, 0.4) is 0 Å². The molecular formula is C33H54N2O3. The monoisotopic (exact) mass is 526 g/mol. The van der Waals surface area contributed by atoms with Crippen LogP contribution in [0.1, 0.15) is 123 Å². The molecule has 0 radical (unpaired) electrons. The molecule has 0 bridgehead atoms. The average molecular weight is 527 g/mol. The maximum absolute atomic E-state index is 13.6. The molecule has 0 amide bonds. The van der Waals surface area contributed by atoms with Crippen LogP contribution in [0.4, 0.5) is 0 Å². The van der Waals surface area contributed by atoms with Crippen LogP contribution in [0.25, 0.3) is 0 Å². The Balaban J connectivity index is 0.000000944. The van der Waals surface area contributed by atoms with Crippen molar-refractivity contribution in [3.8, 4) is 0 Å². The average Bonchev–Trinajstić information content (AvgIpc) is 2.85. The molecule has 1 aromatic heterocycles. The second-order valence-electron chi connectivity index (χ2n) is 10.9. The number of aromatic nitrogens is 2. The lowest BCUT2D eigenvalue weighted by Crippen LogP contribution is -2.40. The molecule has 214 valence electrons. The highest BCUT2D eigenvalue weighted by Crippen LogP contribution is 2.38. The van der Waals surface area contributed by atoms with Gasteiger partial charge in [0.2, 0.25) is 0 Å². The number of carbonyl (C=O) groups is 1. The van der Waals surface area contributed by atoms with E-state index in [2.05, 4.69) is 38.1 Å². The van der Waals surface area contributed by atoms with E-state index < -0.39 is 5.60 Å². The number of fused-ring (bicyclic) bond motifs is 1. The third-order valence-corrected chi connectivity index (χ3v) is 6.71. The van der Waals surface area contributed by atoms with Crippen molar-refractivity contribution in [3.63, 3.8) is 0 Å². The number of nitrogens with zero attached hydrogens (tertiary/aromatic N) is 2. The normalized spacial score (nSPS) is 17.1. The van der Waals surface area contributed by atoms with Gasteiger partial charge in [0, 0.05) is 18.0 Å². The van der Waals surface area contributed by atoms with E-state index in [0.717, 1.165) is 23.5 Å². The summed E-state index contributed by atoms with van der Waals surface area (Å²) in [7, 11) is 0. The molecular weight excluding hydrogens is 472 g/mol. The summed E-state index contributed by atoms with van der Waals surface area (Å²) in [5.41, 5.74) is 2.43. The number of esters is 1. The van der Waals surface area contributed by atoms with Crippen LogP contribution in [0.2, 0.25) is 0 Å². The van der Waals surface area contributed by atoms with E-state index in [1.165, 1.54) is 31.2 Å².